The van der Waals surface area contributed by atoms with E-state index >= 15 is 0 Å². The van der Waals surface area contributed by atoms with Crippen molar-refractivity contribution in [1.82, 2.24) is 5.32 Å². The second-order valence-corrected chi connectivity index (χ2v) is 7.76. The van der Waals surface area contributed by atoms with Crippen molar-refractivity contribution in [3.8, 4) is 23.8 Å². The molecule has 0 fully saturated rings. The zero-order valence-corrected chi connectivity index (χ0v) is 18.7. The number of amides is 1. The maximum absolute atomic E-state index is 12.6. The Balaban J connectivity index is 1.86. The Bertz CT molecular complexity index is 851. The summed E-state index contributed by atoms with van der Waals surface area (Å²) in [5, 5.41) is 3.64. The van der Waals surface area contributed by atoms with Crippen LogP contribution in [0.4, 0.5) is 0 Å². The fourth-order valence-electron chi connectivity index (χ4n) is 2.65. The molecule has 0 saturated heterocycles. The van der Waals surface area contributed by atoms with Crippen LogP contribution in [0.1, 0.15) is 12.5 Å². The number of methoxy groups -OCH3 is 1. The number of benzene rings is 2. The van der Waals surface area contributed by atoms with Gasteiger partial charge < -0.3 is 19.5 Å². The van der Waals surface area contributed by atoms with E-state index in [9.17, 15) is 4.79 Å². The summed E-state index contributed by atoms with van der Waals surface area (Å²) in [5.74, 6) is 4.03. The van der Waals surface area contributed by atoms with Gasteiger partial charge in [0.1, 0.15) is 12.7 Å². The van der Waals surface area contributed by atoms with E-state index in [0.717, 1.165) is 10.5 Å². The lowest BCUT2D eigenvalue weighted by Crippen LogP contribution is -2.39. The molecule has 0 aliphatic rings. The van der Waals surface area contributed by atoms with Gasteiger partial charge in [-0.05, 0) is 55.3 Å². The van der Waals surface area contributed by atoms with Crippen LogP contribution in [0.2, 0.25) is 5.02 Å². The van der Waals surface area contributed by atoms with Crippen LogP contribution in [0.25, 0.3) is 0 Å². The van der Waals surface area contributed by atoms with Crippen LogP contribution in [0.5, 0.6) is 11.5 Å². The highest BCUT2D eigenvalue weighted by molar-refractivity contribution is 7.99. The molecule has 0 aliphatic heterocycles. The van der Waals surface area contributed by atoms with Crippen molar-refractivity contribution in [1.29, 1.82) is 0 Å². The third-order valence-corrected chi connectivity index (χ3v) is 5.45. The number of halogens is 1. The first kappa shape index (κ1) is 23.9. The lowest BCUT2D eigenvalue weighted by molar-refractivity contribution is -0.131. The highest BCUT2D eigenvalue weighted by atomic mass is 35.5. The largest absolute Gasteiger partial charge is 0.493 e. The Labute approximate surface area is 187 Å². The summed E-state index contributed by atoms with van der Waals surface area (Å²) < 4.78 is 16.4. The van der Waals surface area contributed by atoms with Crippen molar-refractivity contribution in [3.63, 3.8) is 0 Å². The van der Waals surface area contributed by atoms with Crippen molar-refractivity contribution >= 4 is 29.3 Å². The van der Waals surface area contributed by atoms with E-state index in [0.29, 0.717) is 41.8 Å². The molecule has 0 radical (unpaired) electrons. The summed E-state index contributed by atoms with van der Waals surface area (Å²) in [6.07, 6.45) is 5.36. The lowest BCUT2D eigenvalue weighted by Gasteiger charge is -2.17. The zero-order chi connectivity index (χ0) is 21.8. The Morgan fingerprint density at radius 1 is 1.23 bits per heavy atom. The second kappa shape index (κ2) is 13.1. The molecule has 0 heterocycles. The van der Waals surface area contributed by atoms with Crippen LogP contribution in [0, 0.1) is 12.3 Å². The minimum absolute atomic E-state index is 0.126. The molecule has 2 aromatic carbocycles. The maximum Gasteiger partial charge on any atom is 0.250 e. The Hall–Kier alpha value is -2.33. The van der Waals surface area contributed by atoms with Crippen molar-refractivity contribution in [2.45, 2.75) is 24.3 Å². The molecule has 1 N–H and O–H groups in total. The van der Waals surface area contributed by atoms with Crippen LogP contribution < -0.4 is 14.8 Å². The number of terminal acetylenes is 1. The molecule has 0 spiro atoms. The number of rotatable bonds is 12. The van der Waals surface area contributed by atoms with E-state index in [-0.39, 0.29) is 12.5 Å². The van der Waals surface area contributed by atoms with Gasteiger partial charge in [0.15, 0.2) is 11.5 Å². The monoisotopic (exact) mass is 447 g/mol. The summed E-state index contributed by atoms with van der Waals surface area (Å²) in [6.45, 7) is 3.01. The first-order chi connectivity index (χ1) is 14.6. The van der Waals surface area contributed by atoms with E-state index in [4.69, 9.17) is 32.2 Å². The number of carbonyl (C=O) groups excluding carboxylic acids is 1. The number of hydrogen-bond donors (Lipinski definition) is 1. The van der Waals surface area contributed by atoms with Gasteiger partial charge in [-0.25, -0.2) is 0 Å². The summed E-state index contributed by atoms with van der Waals surface area (Å²) in [6, 6.07) is 13.1. The Kier molecular flexibility index (Phi) is 10.4. The molecule has 0 aliphatic carbocycles. The molecule has 5 nitrogen and oxygen atoms in total. The summed E-state index contributed by atoms with van der Waals surface area (Å²) >= 11 is 7.47. The van der Waals surface area contributed by atoms with Crippen LogP contribution in [0.15, 0.2) is 47.4 Å². The van der Waals surface area contributed by atoms with Crippen molar-refractivity contribution < 1.29 is 19.0 Å². The van der Waals surface area contributed by atoms with E-state index in [1.807, 2.05) is 49.4 Å². The molecule has 30 heavy (non-hydrogen) atoms. The lowest BCUT2D eigenvalue weighted by atomic mass is 10.1. The normalized spacial score (nSPS) is 11.4. The van der Waals surface area contributed by atoms with Crippen LogP contribution >= 0.6 is 23.4 Å². The fraction of sp³-hybridized carbons (Fsp3) is 0.348. The third kappa shape index (κ3) is 7.83. The van der Waals surface area contributed by atoms with Gasteiger partial charge in [-0.1, -0.05) is 23.6 Å². The van der Waals surface area contributed by atoms with Gasteiger partial charge in [-0.15, -0.1) is 18.2 Å². The van der Waals surface area contributed by atoms with Crippen molar-refractivity contribution in [2.24, 2.45) is 0 Å². The highest BCUT2D eigenvalue weighted by Crippen LogP contribution is 2.28. The van der Waals surface area contributed by atoms with Crippen LogP contribution in [-0.2, 0) is 16.0 Å². The van der Waals surface area contributed by atoms with E-state index in [1.54, 1.807) is 18.9 Å². The minimum atomic E-state index is -0.523. The Morgan fingerprint density at radius 2 is 2.00 bits per heavy atom. The zero-order valence-electron chi connectivity index (χ0n) is 17.2. The molecule has 160 valence electrons. The smallest absolute Gasteiger partial charge is 0.250 e. The Morgan fingerprint density at radius 3 is 2.67 bits per heavy atom. The van der Waals surface area contributed by atoms with E-state index < -0.39 is 6.10 Å². The molecule has 2 rings (SSSR count). The molecule has 1 unspecified atom stereocenters. The summed E-state index contributed by atoms with van der Waals surface area (Å²) in [4.78, 5) is 13.6. The van der Waals surface area contributed by atoms with Gasteiger partial charge in [0.05, 0.1) is 7.11 Å². The van der Waals surface area contributed by atoms with Gasteiger partial charge in [0.2, 0.25) is 5.91 Å². The molecule has 0 aromatic heterocycles. The first-order valence-corrected chi connectivity index (χ1v) is 10.9. The maximum atomic E-state index is 12.6. The van der Waals surface area contributed by atoms with Gasteiger partial charge in [-0.2, -0.15) is 0 Å². The molecule has 7 heteroatoms. The number of hydrogen-bond acceptors (Lipinski definition) is 5. The van der Waals surface area contributed by atoms with E-state index in [2.05, 4.69) is 11.2 Å². The van der Waals surface area contributed by atoms with Gasteiger partial charge in [0, 0.05) is 28.8 Å². The predicted octanol–water partition coefficient (Wildman–Crippen LogP) is 4.22. The quantitative estimate of drug-likeness (QED) is 0.390. The molecule has 1 atom stereocenters. The number of ether oxygens (including phenoxy) is 3. The highest BCUT2D eigenvalue weighted by Gasteiger charge is 2.18. The molecular weight excluding hydrogens is 422 g/mol. The van der Waals surface area contributed by atoms with Gasteiger partial charge in [-0.3, -0.25) is 4.79 Å². The average Bonchev–Trinajstić information content (AvgIpc) is 2.76. The third-order valence-electron chi connectivity index (χ3n) is 4.13. The predicted molar refractivity (Wildman–Crippen MR) is 122 cm³/mol. The molecular formula is C23H26ClNO4S. The second-order valence-electron chi connectivity index (χ2n) is 6.23. The van der Waals surface area contributed by atoms with Crippen LogP contribution in [0.3, 0.4) is 0 Å². The van der Waals surface area contributed by atoms with E-state index in [1.165, 1.54) is 0 Å². The molecule has 1 amide bonds. The number of nitrogens with one attached hydrogen (secondary N) is 1. The number of thioether (sulfide) groups is 1. The average molecular weight is 448 g/mol. The number of carbonyl (C=O) groups is 1. The first-order valence-electron chi connectivity index (χ1n) is 9.58. The fourth-order valence-corrected chi connectivity index (χ4v) is 3.70. The minimum Gasteiger partial charge on any atom is -0.493 e. The SMILES string of the molecule is C#CCOc1ccc(CCNC(=O)C(CSc2ccc(Cl)cc2)OCC)cc1OC. The topological polar surface area (TPSA) is 56.8 Å². The summed E-state index contributed by atoms with van der Waals surface area (Å²) in [7, 11) is 1.58. The van der Waals surface area contributed by atoms with Crippen LogP contribution in [-0.4, -0.2) is 44.6 Å². The van der Waals surface area contributed by atoms with Crippen molar-refractivity contribution in [2.75, 3.05) is 32.6 Å². The van der Waals surface area contributed by atoms with Gasteiger partial charge >= 0.3 is 0 Å². The standard InChI is InChI=1S/C23H26ClNO4S/c1-4-14-29-20-11-6-17(15-21(20)27-3)12-13-25-23(26)22(28-5-2)16-30-19-9-7-18(24)8-10-19/h1,6-11,15,22H,5,12-14,16H2,2-3H3,(H,25,26). The molecule has 0 saturated carbocycles. The van der Waals surface area contributed by atoms with Gasteiger partial charge in [0.25, 0.3) is 0 Å². The van der Waals surface area contributed by atoms with Crippen molar-refractivity contribution in [3.05, 3.63) is 53.1 Å². The molecule has 0 bridgehead atoms. The molecule has 2 aromatic rings. The summed E-state index contributed by atoms with van der Waals surface area (Å²) in [5.41, 5.74) is 1.02.